The highest BCUT2D eigenvalue weighted by Gasteiger charge is 2.22. The van der Waals surface area contributed by atoms with Crippen LogP contribution in [0, 0.1) is 0 Å². The molecule has 0 aromatic heterocycles. The van der Waals surface area contributed by atoms with Crippen LogP contribution < -0.4 is 5.11 Å². The lowest BCUT2D eigenvalue weighted by atomic mass is 10.0. The normalized spacial score (nSPS) is 13.5. The number of hydrogen-bond acceptors (Lipinski definition) is 8. The van der Waals surface area contributed by atoms with Crippen molar-refractivity contribution >= 4 is 17.9 Å². The van der Waals surface area contributed by atoms with Crippen LogP contribution >= 0.6 is 0 Å². The molecule has 0 rings (SSSR count). The van der Waals surface area contributed by atoms with Gasteiger partial charge in [0.15, 0.2) is 12.4 Å². The van der Waals surface area contributed by atoms with Gasteiger partial charge in [-0.05, 0) is 116 Å². The molecule has 0 bridgehead atoms. The third kappa shape index (κ3) is 72.7. The SMILES string of the molecule is CC/C=C\C/C=C\C/C=C\C/C=C\C/C=C\C/C=C\C/C=C\C/C=C\C/C=C\CCCCCCCC(=O)OC(COC(=O)CCCCCCCCCCCCCCCCCCCCCCC/C=C\C/C=C\CCCCCCC)COC(OCC[N+](C)(C)C)C(=O)[O-]. The van der Waals surface area contributed by atoms with Gasteiger partial charge < -0.3 is 33.3 Å². The van der Waals surface area contributed by atoms with Crippen molar-refractivity contribution in [1.29, 1.82) is 0 Å². The van der Waals surface area contributed by atoms with Gasteiger partial charge in [0, 0.05) is 12.8 Å². The molecular weight excluding hydrogens is 1130 g/mol. The molecule has 0 aliphatic rings. The van der Waals surface area contributed by atoms with Crippen molar-refractivity contribution < 1.29 is 42.9 Å². The number of esters is 2. The van der Waals surface area contributed by atoms with E-state index in [1.54, 1.807) is 0 Å². The number of allylic oxidation sites excluding steroid dienone is 22. The number of carbonyl (C=O) groups excluding carboxylic acids is 3. The van der Waals surface area contributed by atoms with E-state index in [-0.39, 0.29) is 38.6 Å². The molecule has 0 N–H and O–H groups in total. The number of rotatable bonds is 68. The Balaban J connectivity index is 4.15. The molecule has 520 valence electrons. The van der Waals surface area contributed by atoms with Crippen molar-refractivity contribution in [2.75, 3.05) is 47.5 Å². The van der Waals surface area contributed by atoms with Crippen molar-refractivity contribution in [3.8, 4) is 0 Å². The van der Waals surface area contributed by atoms with Crippen LogP contribution in [-0.4, -0.2) is 82.3 Å². The Labute approximate surface area is 560 Å². The molecule has 0 heterocycles. The van der Waals surface area contributed by atoms with Gasteiger partial charge in [0.25, 0.3) is 0 Å². The lowest BCUT2D eigenvalue weighted by Gasteiger charge is -2.26. The second kappa shape index (κ2) is 71.3. The number of carboxylic acid groups (broad SMARTS) is 1. The number of nitrogens with zero attached hydrogens (tertiary/aromatic N) is 1. The van der Waals surface area contributed by atoms with Gasteiger partial charge in [-0.2, -0.15) is 0 Å². The van der Waals surface area contributed by atoms with Gasteiger partial charge in [-0.25, -0.2) is 0 Å². The number of carbonyl (C=O) groups is 3. The van der Waals surface area contributed by atoms with Crippen molar-refractivity contribution in [3.05, 3.63) is 134 Å². The first-order valence-corrected chi connectivity index (χ1v) is 37.3. The second-order valence-electron chi connectivity index (χ2n) is 25.9. The molecule has 0 aromatic carbocycles. The minimum atomic E-state index is -1.64. The summed E-state index contributed by atoms with van der Waals surface area (Å²) in [6.07, 6.45) is 99.7. The predicted molar refractivity (Wildman–Crippen MR) is 389 cm³/mol. The van der Waals surface area contributed by atoms with E-state index in [2.05, 4.69) is 148 Å². The standard InChI is InChI=1S/C82H139NO8/c1-6-8-10-12-14-16-18-20-22-24-26-28-30-32-34-36-38-40-42-44-46-48-50-52-54-56-58-60-62-64-66-68-70-72-79(84)89-76-78(77-90-82(81(86)87)88-75-74-83(3,4)5)91-80(85)73-71-69-67-65-63-61-59-57-55-53-51-49-47-45-43-41-39-37-35-33-31-29-27-25-23-21-19-17-15-13-11-9-7-2/h9,11,15,17-18,20-21,23-24,26-27,29,33,35,39,41,45,47,51,53,57,59,78,82H,6-8,10,12-14,16,19,22,25,28,30-32,34,36-38,40,42-44,46,48-50,52,54-56,58,60-77H2,1-5H3/b11-9-,17-15-,20-18-,23-21-,26-24-,29-27-,35-33-,41-39-,47-45-,53-51-,59-57-. The molecule has 0 saturated heterocycles. The lowest BCUT2D eigenvalue weighted by molar-refractivity contribution is -0.870. The fourth-order valence-corrected chi connectivity index (χ4v) is 10.2. The number of unbranched alkanes of at least 4 members (excludes halogenated alkanes) is 31. The number of quaternary nitrogens is 1. The van der Waals surface area contributed by atoms with Crippen LogP contribution in [0.15, 0.2) is 134 Å². The highest BCUT2D eigenvalue weighted by molar-refractivity contribution is 5.70. The number of hydrogen-bond donors (Lipinski definition) is 0. The average molecular weight is 1270 g/mol. The molecule has 0 fully saturated rings. The number of likely N-dealkylation sites (N-methyl/N-ethyl adjacent to an activating group) is 1. The van der Waals surface area contributed by atoms with Crippen LogP contribution in [0.2, 0.25) is 0 Å². The summed E-state index contributed by atoms with van der Waals surface area (Å²) < 4.78 is 22.8. The molecule has 9 heteroatoms. The predicted octanol–water partition coefficient (Wildman–Crippen LogP) is 22.4. The van der Waals surface area contributed by atoms with E-state index in [0.29, 0.717) is 17.4 Å². The van der Waals surface area contributed by atoms with E-state index in [1.807, 2.05) is 21.1 Å². The van der Waals surface area contributed by atoms with E-state index in [0.717, 1.165) is 116 Å². The van der Waals surface area contributed by atoms with E-state index in [1.165, 1.54) is 161 Å². The van der Waals surface area contributed by atoms with Gasteiger partial charge in [0.2, 0.25) is 0 Å². The molecule has 0 aromatic rings. The molecule has 0 spiro atoms. The van der Waals surface area contributed by atoms with Crippen molar-refractivity contribution in [1.82, 2.24) is 0 Å². The van der Waals surface area contributed by atoms with Gasteiger partial charge in [-0.15, -0.1) is 0 Å². The molecule has 0 amide bonds. The zero-order chi connectivity index (χ0) is 66.1. The van der Waals surface area contributed by atoms with Gasteiger partial charge in [0.05, 0.1) is 40.3 Å². The number of aliphatic carboxylic acids is 1. The first kappa shape index (κ1) is 86.4. The zero-order valence-corrected chi connectivity index (χ0v) is 59.4. The molecule has 9 nitrogen and oxygen atoms in total. The molecule has 0 saturated carbocycles. The largest absolute Gasteiger partial charge is 0.545 e. The lowest BCUT2D eigenvalue weighted by Crippen LogP contribution is -2.44. The van der Waals surface area contributed by atoms with Crippen molar-refractivity contribution in [2.45, 2.75) is 322 Å². The van der Waals surface area contributed by atoms with Gasteiger partial charge >= 0.3 is 11.9 Å². The first-order valence-electron chi connectivity index (χ1n) is 37.3. The third-order valence-electron chi connectivity index (χ3n) is 15.9. The van der Waals surface area contributed by atoms with E-state index in [9.17, 15) is 19.5 Å². The monoisotopic (exact) mass is 1270 g/mol. The smallest absolute Gasteiger partial charge is 0.306 e. The van der Waals surface area contributed by atoms with Gasteiger partial charge in [-0.1, -0.05) is 314 Å². The Morgan fingerprint density at radius 2 is 0.626 bits per heavy atom. The van der Waals surface area contributed by atoms with Gasteiger partial charge in [-0.3, -0.25) is 9.59 Å². The van der Waals surface area contributed by atoms with Crippen LogP contribution in [0.3, 0.4) is 0 Å². The van der Waals surface area contributed by atoms with Crippen LogP contribution in [0.1, 0.15) is 309 Å². The molecule has 0 aliphatic heterocycles. The van der Waals surface area contributed by atoms with Crippen LogP contribution in [-0.2, 0) is 33.3 Å². The Morgan fingerprint density at radius 3 is 0.934 bits per heavy atom. The molecular formula is C82H139NO8. The summed E-state index contributed by atoms with van der Waals surface area (Å²) in [6, 6.07) is 0. The minimum Gasteiger partial charge on any atom is -0.545 e. The Bertz CT molecular complexity index is 1960. The number of ether oxygens (including phenoxy) is 4. The highest BCUT2D eigenvalue weighted by Crippen LogP contribution is 2.17. The highest BCUT2D eigenvalue weighted by atomic mass is 16.7. The summed E-state index contributed by atoms with van der Waals surface area (Å²) in [5, 5.41) is 11.8. The van der Waals surface area contributed by atoms with Gasteiger partial charge in [0.1, 0.15) is 13.2 Å². The molecule has 2 atom stereocenters. The van der Waals surface area contributed by atoms with Crippen LogP contribution in [0.4, 0.5) is 0 Å². The van der Waals surface area contributed by atoms with Crippen molar-refractivity contribution in [3.63, 3.8) is 0 Å². The average Bonchev–Trinajstić information content (AvgIpc) is 3.46. The molecule has 2 unspecified atom stereocenters. The Hall–Kier alpha value is -4.57. The summed E-state index contributed by atoms with van der Waals surface area (Å²) in [4.78, 5) is 37.5. The number of carboxylic acids is 1. The van der Waals surface area contributed by atoms with E-state index < -0.39 is 24.3 Å². The molecule has 0 radical (unpaired) electrons. The zero-order valence-electron chi connectivity index (χ0n) is 59.4. The topological polar surface area (TPSA) is 111 Å². The molecule has 0 aliphatic carbocycles. The summed E-state index contributed by atoms with van der Waals surface area (Å²) in [5.41, 5.74) is 0. The second-order valence-corrected chi connectivity index (χ2v) is 25.9. The fraction of sp³-hybridized carbons (Fsp3) is 0.695. The van der Waals surface area contributed by atoms with E-state index in [4.69, 9.17) is 18.9 Å². The summed E-state index contributed by atoms with van der Waals surface area (Å²) in [6.45, 7) is 4.62. The van der Waals surface area contributed by atoms with Crippen LogP contribution in [0.25, 0.3) is 0 Å². The Kier molecular flexibility index (Phi) is 67.7. The maximum atomic E-state index is 12.9. The maximum absolute atomic E-state index is 12.9. The van der Waals surface area contributed by atoms with Crippen molar-refractivity contribution in [2.24, 2.45) is 0 Å². The third-order valence-corrected chi connectivity index (χ3v) is 15.9. The van der Waals surface area contributed by atoms with E-state index >= 15 is 0 Å². The Morgan fingerprint density at radius 1 is 0.341 bits per heavy atom. The quantitative estimate of drug-likeness (QED) is 0.0195. The van der Waals surface area contributed by atoms with Crippen LogP contribution in [0.5, 0.6) is 0 Å². The fourth-order valence-electron chi connectivity index (χ4n) is 10.2. The summed E-state index contributed by atoms with van der Waals surface area (Å²) in [5.74, 6) is -2.31. The first-order chi connectivity index (χ1) is 44.6. The summed E-state index contributed by atoms with van der Waals surface area (Å²) >= 11 is 0. The minimum absolute atomic E-state index is 0.138. The maximum Gasteiger partial charge on any atom is 0.306 e. The molecule has 91 heavy (non-hydrogen) atoms. The summed E-state index contributed by atoms with van der Waals surface area (Å²) in [7, 11) is 5.92.